The van der Waals surface area contributed by atoms with Gasteiger partial charge in [-0.15, -0.1) is 0 Å². The van der Waals surface area contributed by atoms with Crippen molar-refractivity contribution in [1.29, 1.82) is 0 Å². The minimum Gasteiger partial charge on any atom is -0.455 e. The van der Waals surface area contributed by atoms with Crippen LogP contribution in [-0.4, -0.2) is 51.3 Å². The molecule has 0 N–H and O–H groups in total. The molecule has 0 aliphatic heterocycles. The summed E-state index contributed by atoms with van der Waals surface area (Å²) in [5.74, 6) is -1.22. The van der Waals surface area contributed by atoms with Gasteiger partial charge in [-0.3, -0.25) is 9.59 Å². The van der Waals surface area contributed by atoms with Crippen LogP contribution in [0, 0.1) is 0 Å². The molecule has 0 spiro atoms. The molecule has 0 unspecified atom stereocenters. The lowest BCUT2D eigenvalue weighted by Gasteiger charge is -2.21. The van der Waals surface area contributed by atoms with E-state index in [1.807, 2.05) is 6.07 Å². The summed E-state index contributed by atoms with van der Waals surface area (Å²) >= 11 is 5.76. The molecule has 2 aromatic rings. The average Bonchev–Trinajstić information content (AvgIpc) is 2.68. The first-order valence-corrected chi connectivity index (χ1v) is 10.3. The van der Waals surface area contributed by atoms with Crippen molar-refractivity contribution in [3.8, 4) is 0 Å². The molecule has 150 valence electrons. The summed E-state index contributed by atoms with van der Waals surface area (Å²) in [7, 11) is -2.62. The highest BCUT2D eigenvalue weighted by Gasteiger charge is 2.24. The maximum absolute atomic E-state index is 12.5. The van der Waals surface area contributed by atoms with Crippen LogP contribution < -0.4 is 4.90 Å². The minimum absolute atomic E-state index is 0.00418. The van der Waals surface area contributed by atoms with Gasteiger partial charge in [0, 0.05) is 24.3 Å². The van der Waals surface area contributed by atoms with Gasteiger partial charge in [0.1, 0.15) is 6.54 Å². The Bertz CT molecular complexity index is 917. The number of carbonyl (C=O) groups is 2. The molecule has 0 aliphatic carbocycles. The van der Waals surface area contributed by atoms with Gasteiger partial charge in [-0.1, -0.05) is 29.8 Å². The number of carbonyl (C=O) groups excluding carboxylic acids is 2. The molecule has 0 fully saturated rings. The topological polar surface area (TPSA) is 84.0 Å². The van der Waals surface area contributed by atoms with Crippen molar-refractivity contribution < 1.29 is 22.7 Å². The molecule has 1 amide bonds. The third-order valence-electron chi connectivity index (χ3n) is 3.92. The van der Waals surface area contributed by atoms with E-state index in [0.717, 1.165) is 4.31 Å². The highest BCUT2D eigenvalue weighted by molar-refractivity contribution is 7.89. The maximum atomic E-state index is 12.5. The number of hydrogen-bond donors (Lipinski definition) is 0. The lowest BCUT2D eigenvalue weighted by molar-refractivity contribution is -0.147. The predicted octanol–water partition coefficient (Wildman–Crippen LogP) is 2.56. The number of benzene rings is 2. The Morgan fingerprint density at radius 2 is 1.64 bits per heavy atom. The summed E-state index contributed by atoms with van der Waals surface area (Å²) in [6.45, 7) is 1.22. The van der Waals surface area contributed by atoms with Crippen LogP contribution >= 0.6 is 11.6 Å². The van der Waals surface area contributed by atoms with Crippen LogP contribution in [0.15, 0.2) is 59.5 Å². The Morgan fingerprint density at radius 1 is 1.04 bits per heavy atom. The van der Waals surface area contributed by atoms with Crippen LogP contribution in [0.5, 0.6) is 0 Å². The Morgan fingerprint density at radius 3 is 2.21 bits per heavy atom. The molecule has 7 nitrogen and oxygen atoms in total. The van der Waals surface area contributed by atoms with Crippen LogP contribution in [0.2, 0.25) is 5.02 Å². The fourth-order valence-corrected chi connectivity index (χ4v) is 3.67. The number of amides is 1. The molecule has 9 heteroatoms. The number of ether oxygens (including phenoxy) is 1. The van der Waals surface area contributed by atoms with Crippen molar-refractivity contribution >= 4 is 39.2 Å². The average molecular weight is 425 g/mol. The van der Waals surface area contributed by atoms with Crippen LogP contribution in [-0.2, 0) is 24.3 Å². The normalized spacial score (nSPS) is 11.3. The van der Waals surface area contributed by atoms with Crippen molar-refractivity contribution in [2.75, 3.05) is 31.6 Å². The van der Waals surface area contributed by atoms with E-state index in [0.29, 0.717) is 17.3 Å². The fraction of sp³-hybridized carbons (Fsp3) is 0.263. The third kappa shape index (κ3) is 5.54. The Kier molecular flexibility index (Phi) is 7.56. The highest BCUT2D eigenvalue weighted by Crippen LogP contribution is 2.17. The Balaban J connectivity index is 1.94. The zero-order chi connectivity index (χ0) is 20.7. The Labute approximate surface area is 169 Å². The summed E-state index contributed by atoms with van der Waals surface area (Å²) < 4.78 is 30.7. The molecular formula is C19H21ClN2O5S. The summed E-state index contributed by atoms with van der Waals surface area (Å²) in [5.41, 5.74) is 0.688. The van der Waals surface area contributed by atoms with E-state index in [1.165, 1.54) is 36.2 Å². The van der Waals surface area contributed by atoms with Crippen LogP contribution in [0.4, 0.5) is 5.69 Å². The standard InChI is InChI=1S/C19H21ClN2O5S/c1-3-22(16-7-5-4-6-8-16)18(23)14-27-19(24)13-21(2)28(25,26)17-11-9-15(20)10-12-17/h4-12H,3,13-14H2,1-2H3. The molecule has 0 bridgehead atoms. The van der Waals surface area contributed by atoms with Gasteiger partial charge >= 0.3 is 5.97 Å². The van der Waals surface area contributed by atoms with Gasteiger partial charge in [-0.2, -0.15) is 4.31 Å². The molecule has 0 aliphatic rings. The predicted molar refractivity (Wildman–Crippen MR) is 107 cm³/mol. The van der Waals surface area contributed by atoms with E-state index in [2.05, 4.69) is 0 Å². The van der Waals surface area contributed by atoms with E-state index >= 15 is 0 Å². The molecule has 0 radical (unpaired) electrons. The van der Waals surface area contributed by atoms with Gasteiger partial charge in [0.05, 0.1) is 4.90 Å². The number of anilines is 1. The number of rotatable bonds is 8. The lowest BCUT2D eigenvalue weighted by Crippen LogP contribution is -2.37. The van der Waals surface area contributed by atoms with E-state index in [4.69, 9.17) is 16.3 Å². The van der Waals surface area contributed by atoms with E-state index in [1.54, 1.807) is 31.2 Å². The SMILES string of the molecule is CCN(C(=O)COC(=O)CN(C)S(=O)(=O)c1ccc(Cl)cc1)c1ccccc1. The van der Waals surface area contributed by atoms with Gasteiger partial charge in [0.25, 0.3) is 5.91 Å². The van der Waals surface area contributed by atoms with Crippen LogP contribution in [0.1, 0.15) is 6.92 Å². The molecular weight excluding hydrogens is 404 g/mol. The number of para-hydroxylation sites is 1. The van der Waals surface area contributed by atoms with Crippen molar-refractivity contribution in [2.45, 2.75) is 11.8 Å². The van der Waals surface area contributed by atoms with Crippen molar-refractivity contribution in [3.05, 3.63) is 59.6 Å². The molecule has 0 atom stereocenters. The minimum atomic E-state index is -3.87. The van der Waals surface area contributed by atoms with Gasteiger partial charge in [-0.25, -0.2) is 8.42 Å². The molecule has 2 rings (SSSR count). The van der Waals surface area contributed by atoms with Gasteiger partial charge in [-0.05, 0) is 43.3 Å². The first-order chi connectivity index (χ1) is 13.3. The van der Waals surface area contributed by atoms with E-state index in [-0.39, 0.29) is 4.90 Å². The summed E-state index contributed by atoms with van der Waals surface area (Å²) in [5, 5.41) is 0.401. The maximum Gasteiger partial charge on any atom is 0.321 e. The van der Waals surface area contributed by atoms with Gasteiger partial charge in [0.2, 0.25) is 10.0 Å². The summed E-state index contributed by atoms with van der Waals surface area (Å²) in [6.07, 6.45) is 0. The third-order valence-corrected chi connectivity index (χ3v) is 5.98. The summed E-state index contributed by atoms with van der Waals surface area (Å²) in [4.78, 5) is 25.8. The van der Waals surface area contributed by atoms with Crippen molar-refractivity contribution in [1.82, 2.24) is 4.31 Å². The van der Waals surface area contributed by atoms with Gasteiger partial charge in [0.15, 0.2) is 6.61 Å². The molecule has 0 aromatic heterocycles. The monoisotopic (exact) mass is 424 g/mol. The molecule has 2 aromatic carbocycles. The molecule has 0 heterocycles. The zero-order valence-corrected chi connectivity index (χ0v) is 17.1. The van der Waals surface area contributed by atoms with Crippen LogP contribution in [0.3, 0.4) is 0 Å². The first-order valence-electron chi connectivity index (χ1n) is 8.48. The quantitative estimate of drug-likeness (QED) is 0.608. The number of likely N-dealkylation sites (N-methyl/N-ethyl adjacent to an activating group) is 2. The van der Waals surface area contributed by atoms with E-state index < -0.39 is 35.1 Å². The number of esters is 1. The smallest absolute Gasteiger partial charge is 0.321 e. The molecule has 0 saturated heterocycles. The van der Waals surface area contributed by atoms with Crippen molar-refractivity contribution in [3.63, 3.8) is 0 Å². The number of hydrogen-bond acceptors (Lipinski definition) is 5. The van der Waals surface area contributed by atoms with Crippen molar-refractivity contribution in [2.24, 2.45) is 0 Å². The second kappa shape index (κ2) is 9.68. The Hall–Kier alpha value is -2.42. The van der Waals surface area contributed by atoms with E-state index in [9.17, 15) is 18.0 Å². The number of nitrogens with zero attached hydrogens (tertiary/aromatic N) is 2. The second-order valence-electron chi connectivity index (χ2n) is 5.85. The fourth-order valence-electron chi connectivity index (χ4n) is 2.43. The highest BCUT2D eigenvalue weighted by atomic mass is 35.5. The van der Waals surface area contributed by atoms with Gasteiger partial charge < -0.3 is 9.64 Å². The first kappa shape index (κ1) is 21.9. The van der Waals surface area contributed by atoms with Crippen LogP contribution in [0.25, 0.3) is 0 Å². The number of sulfonamides is 1. The zero-order valence-electron chi connectivity index (χ0n) is 15.5. The largest absolute Gasteiger partial charge is 0.455 e. The molecule has 28 heavy (non-hydrogen) atoms. The summed E-state index contributed by atoms with van der Waals surface area (Å²) in [6, 6.07) is 14.6. The lowest BCUT2D eigenvalue weighted by atomic mass is 10.3. The molecule has 0 saturated carbocycles. The number of halogens is 1. The second-order valence-corrected chi connectivity index (χ2v) is 8.33.